The van der Waals surface area contributed by atoms with Crippen molar-refractivity contribution in [2.45, 2.75) is 76.0 Å². The molecular weight excluding hydrogens is 793 g/mol. The van der Waals surface area contributed by atoms with Crippen LogP contribution in [0.2, 0.25) is 0 Å². The molecular formula is C66H60. The van der Waals surface area contributed by atoms with E-state index in [2.05, 4.69) is 231 Å². The topological polar surface area (TPSA) is 0 Å². The Morgan fingerprint density at radius 2 is 0.621 bits per heavy atom. The molecule has 0 atom stereocenters. The minimum Gasteiger partial charge on any atom is -0.0622 e. The molecule has 2 fully saturated rings. The molecule has 0 heterocycles. The van der Waals surface area contributed by atoms with Gasteiger partial charge in [-0.15, -0.1) is 0 Å². The largest absolute Gasteiger partial charge is 0.0622 e. The SMILES string of the molecule is C(=Cc1ccc(C=Cc2ccc(C=C(c3ccccc3)c3ccc(C4CCCCC4)cc3)cc2)c2ccccc12)c1ccc(C=C(c2ccccc2)c2ccc(C3CCCCC3)cc2)cc1. The maximum absolute atomic E-state index is 2.37. The fourth-order valence-electron chi connectivity index (χ4n) is 10.4. The maximum Gasteiger partial charge on any atom is -0.0105 e. The van der Waals surface area contributed by atoms with Crippen molar-refractivity contribution in [3.63, 3.8) is 0 Å². The smallest absolute Gasteiger partial charge is 0.0105 e. The molecule has 0 spiro atoms. The summed E-state index contributed by atoms with van der Waals surface area (Å²) in [5.41, 5.74) is 17.7. The molecule has 2 saturated carbocycles. The van der Waals surface area contributed by atoms with Crippen LogP contribution < -0.4 is 0 Å². The van der Waals surface area contributed by atoms with E-state index in [1.807, 2.05) is 0 Å². The zero-order valence-electron chi connectivity index (χ0n) is 38.2. The summed E-state index contributed by atoms with van der Waals surface area (Å²) in [7, 11) is 0. The molecule has 2 aliphatic carbocycles. The van der Waals surface area contributed by atoms with Crippen LogP contribution in [-0.2, 0) is 0 Å². The van der Waals surface area contributed by atoms with Crippen molar-refractivity contribution >= 4 is 58.4 Å². The van der Waals surface area contributed by atoms with Crippen LogP contribution in [0.3, 0.4) is 0 Å². The van der Waals surface area contributed by atoms with Gasteiger partial charge in [0.2, 0.25) is 0 Å². The van der Waals surface area contributed by atoms with Gasteiger partial charge in [-0.3, -0.25) is 0 Å². The highest BCUT2D eigenvalue weighted by Gasteiger charge is 2.17. The Morgan fingerprint density at radius 3 is 1.00 bits per heavy atom. The van der Waals surface area contributed by atoms with Crippen LogP contribution in [0.1, 0.15) is 143 Å². The van der Waals surface area contributed by atoms with E-state index in [0.29, 0.717) is 11.8 Å². The van der Waals surface area contributed by atoms with Crippen LogP contribution in [0.15, 0.2) is 194 Å². The van der Waals surface area contributed by atoms with Gasteiger partial charge in [0.1, 0.15) is 0 Å². The summed E-state index contributed by atoms with van der Waals surface area (Å²) in [4.78, 5) is 0. The summed E-state index contributed by atoms with van der Waals surface area (Å²) >= 11 is 0. The summed E-state index contributed by atoms with van der Waals surface area (Å²) in [6.45, 7) is 0. The molecule has 0 radical (unpaired) electrons. The number of fused-ring (bicyclic) bond motifs is 1. The van der Waals surface area contributed by atoms with E-state index in [0.717, 1.165) is 0 Å². The highest BCUT2D eigenvalue weighted by atomic mass is 14.2. The Balaban J connectivity index is 0.843. The molecule has 0 bridgehead atoms. The molecule has 8 aromatic rings. The molecule has 8 aromatic carbocycles. The van der Waals surface area contributed by atoms with Gasteiger partial charge in [-0.25, -0.2) is 0 Å². The molecule has 2 aliphatic rings. The first-order valence-corrected chi connectivity index (χ1v) is 24.5. The van der Waals surface area contributed by atoms with Crippen LogP contribution in [-0.4, -0.2) is 0 Å². The van der Waals surface area contributed by atoms with E-state index >= 15 is 0 Å². The van der Waals surface area contributed by atoms with E-state index in [9.17, 15) is 0 Å². The van der Waals surface area contributed by atoms with E-state index in [-0.39, 0.29) is 0 Å². The number of hydrogen-bond acceptors (Lipinski definition) is 0. The van der Waals surface area contributed by atoms with Crippen molar-refractivity contribution in [1.29, 1.82) is 0 Å². The van der Waals surface area contributed by atoms with Crippen LogP contribution in [0.25, 0.3) is 58.4 Å². The second-order valence-electron chi connectivity index (χ2n) is 18.6. The highest BCUT2D eigenvalue weighted by molar-refractivity contribution is 5.99. The van der Waals surface area contributed by atoms with Crippen molar-refractivity contribution < 1.29 is 0 Å². The zero-order chi connectivity index (χ0) is 44.3. The van der Waals surface area contributed by atoms with Crippen molar-refractivity contribution in [2.24, 2.45) is 0 Å². The molecule has 0 N–H and O–H groups in total. The Labute approximate surface area is 393 Å². The number of hydrogen-bond donors (Lipinski definition) is 0. The number of benzene rings is 8. The molecule has 0 heteroatoms. The lowest BCUT2D eigenvalue weighted by Crippen LogP contribution is -2.04. The van der Waals surface area contributed by atoms with Gasteiger partial charge in [0.25, 0.3) is 0 Å². The van der Waals surface area contributed by atoms with Crippen LogP contribution in [0, 0.1) is 0 Å². The van der Waals surface area contributed by atoms with Gasteiger partial charge >= 0.3 is 0 Å². The predicted molar refractivity (Wildman–Crippen MR) is 286 cm³/mol. The molecule has 0 nitrogen and oxygen atoms in total. The van der Waals surface area contributed by atoms with E-state index in [1.54, 1.807) is 0 Å². The third-order valence-corrected chi connectivity index (χ3v) is 14.2. The highest BCUT2D eigenvalue weighted by Crippen LogP contribution is 2.36. The average molecular weight is 853 g/mol. The maximum atomic E-state index is 2.37. The van der Waals surface area contributed by atoms with Crippen LogP contribution in [0.5, 0.6) is 0 Å². The van der Waals surface area contributed by atoms with E-state index < -0.39 is 0 Å². The van der Waals surface area contributed by atoms with Gasteiger partial charge in [0, 0.05) is 0 Å². The standard InChI is InChI=1S/C66H60/c1-5-15-53(16-6-1)55-37-41-61(42-38-55)65(57-19-9-3-10-20-57)47-51-29-25-49(26-30-51)33-35-59-45-46-60(64-24-14-13-23-63(59)64)36-34-50-27-31-52(32-28-50)48-66(58-21-11-4-12-22-58)62-43-39-56(40-44-62)54-17-7-2-8-18-54/h3-4,9-14,19-48,53-54H,1-2,5-8,15-18H2. The Hall–Kier alpha value is -7.02. The van der Waals surface area contributed by atoms with Gasteiger partial charge in [-0.05, 0) is 138 Å². The Kier molecular flexibility index (Phi) is 13.6. The predicted octanol–water partition coefficient (Wildman–Crippen LogP) is 18.5. The van der Waals surface area contributed by atoms with Crippen LogP contribution >= 0.6 is 0 Å². The minimum atomic E-state index is 0.711. The quantitative estimate of drug-likeness (QED) is 0.107. The van der Waals surface area contributed by atoms with Crippen LogP contribution in [0.4, 0.5) is 0 Å². The first-order valence-electron chi connectivity index (χ1n) is 24.5. The lowest BCUT2D eigenvalue weighted by Gasteiger charge is -2.22. The fraction of sp³-hybridized carbons (Fsp3) is 0.182. The van der Waals surface area contributed by atoms with E-state index in [1.165, 1.54) is 153 Å². The molecule has 0 amide bonds. The summed E-state index contributed by atoms with van der Waals surface area (Å²) in [6, 6.07) is 71.6. The van der Waals surface area contributed by atoms with Gasteiger partial charge in [-0.1, -0.05) is 257 Å². The van der Waals surface area contributed by atoms with Gasteiger partial charge < -0.3 is 0 Å². The third-order valence-electron chi connectivity index (χ3n) is 14.2. The van der Waals surface area contributed by atoms with Gasteiger partial charge in [0.15, 0.2) is 0 Å². The molecule has 0 aromatic heterocycles. The monoisotopic (exact) mass is 852 g/mol. The number of rotatable bonds is 12. The fourth-order valence-corrected chi connectivity index (χ4v) is 10.4. The third kappa shape index (κ3) is 10.4. The summed E-state index contributed by atoms with van der Waals surface area (Å²) < 4.78 is 0. The summed E-state index contributed by atoms with van der Waals surface area (Å²) in [5, 5.41) is 2.50. The molecule has 324 valence electrons. The molecule has 0 saturated heterocycles. The van der Waals surface area contributed by atoms with Crippen molar-refractivity contribution in [3.8, 4) is 0 Å². The second-order valence-corrected chi connectivity index (χ2v) is 18.6. The van der Waals surface area contributed by atoms with Crippen molar-refractivity contribution in [2.75, 3.05) is 0 Å². The second kappa shape index (κ2) is 20.9. The summed E-state index contributed by atoms with van der Waals surface area (Å²) in [6.07, 6.45) is 27.1. The molecule has 10 rings (SSSR count). The Bertz CT molecular complexity index is 2740. The van der Waals surface area contributed by atoms with Gasteiger partial charge in [0.05, 0.1) is 0 Å². The average Bonchev–Trinajstić information content (AvgIpc) is 3.40. The van der Waals surface area contributed by atoms with E-state index in [4.69, 9.17) is 0 Å². The van der Waals surface area contributed by atoms with Crippen molar-refractivity contribution in [1.82, 2.24) is 0 Å². The zero-order valence-corrected chi connectivity index (χ0v) is 38.2. The minimum absolute atomic E-state index is 0.711. The molecule has 0 aliphatic heterocycles. The molecule has 66 heavy (non-hydrogen) atoms. The lowest BCUT2D eigenvalue weighted by molar-refractivity contribution is 0.443. The summed E-state index contributed by atoms with van der Waals surface area (Å²) in [5.74, 6) is 1.42. The van der Waals surface area contributed by atoms with Crippen molar-refractivity contribution in [3.05, 3.63) is 261 Å². The first kappa shape index (κ1) is 42.9. The van der Waals surface area contributed by atoms with Gasteiger partial charge in [-0.2, -0.15) is 0 Å². The first-order chi connectivity index (χ1) is 32.7. The molecule has 0 unspecified atom stereocenters. The normalized spacial score (nSPS) is 15.5. The lowest BCUT2D eigenvalue weighted by atomic mass is 9.83. The Morgan fingerprint density at radius 1 is 0.288 bits per heavy atom.